The van der Waals surface area contributed by atoms with Gasteiger partial charge in [-0.15, -0.1) is 0 Å². The van der Waals surface area contributed by atoms with E-state index in [1.165, 1.54) is 22.0 Å². The first-order valence-corrected chi connectivity index (χ1v) is 9.22. The molecule has 0 atom stereocenters. The normalized spacial score (nSPS) is 13.3. The number of anilines is 1. The number of benzene rings is 1. The summed E-state index contributed by atoms with van der Waals surface area (Å²) in [6.07, 6.45) is 4.25. The molecule has 0 saturated carbocycles. The molecule has 0 radical (unpaired) electrons. The van der Waals surface area contributed by atoms with Gasteiger partial charge in [-0.2, -0.15) is 5.10 Å². The predicted molar refractivity (Wildman–Crippen MR) is 105 cm³/mol. The van der Waals surface area contributed by atoms with E-state index >= 15 is 0 Å². The zero-order chi connectivity index (χ0) is 18.8. The van der Waals surface area contributed by atoms with Crippen LogP contribution in [0.4, 0.5) is 5.82 Å². The number of pyridine rings is 1. The number of halogens is 1. The van der Waals surface area contributed by atoms with E-state index in [1.807, 2.05) is 12.1 Å². The van der Waals surface area contributed by atoms with E-state index in [2.05, 4.69) is 44.6 Å². The Labute approximate surface area is 162 Å². The van der Waals surface area contributed by atoms with Gasteiger partial charge in [0, 0.05) is 38.4 Å². The van der Waals surface area contributed by atoms with Crippen molar-refractivity contribution >= 4 is 23.3 Å². The number of rotatable bonds is 4. The van der Waals surface area contributed by atoms with Crippen LogP contribution in [0.2, 0.25) is 5.02 Å². The Bertz CT molecular complexity index is 965. The molecule has 3 heterocycles. The van der Waals surface area contributed by atoms with Crippen LogP contribution in [0.25, 0.3) is 0 Å². The van der Waals surface area contributed by atoms with Crippen molar-refractivity contribution in [2.75, 3.05) is 11.4 Å². The van der Waals surface area contributed by atoms with Crippen LogP contribution < -0.4 is 10.2 Å². The van der Waals surface area contributed by atoms with Gasteiger partial charge in [-0.3, -0.25) is 9.48 Å². The predicted octanol–water partition coefficient (Wildman–Crippen LogP) is 2.96. The van der Waals surface area contributed by atoms with Crippen molar-refractivity contribution in [1.29, 1.82) is 0 Å². The standard InChI is InChI=1S/C20H20ClN5O/c1-25-18(17(21)12-24-25)20(27)23-11-15-7-4-9-22-19(15)26-10-8-14-5-2-3-6-16(14)13-26/h2-7,9,12H,8,10-11,13H2,1H3,(H,23,27). The second kappa shape index (κ2) is 7.40. The maximum absolute atomic E-state index is 12.5. The lowest BCUT2D eigenvalue weighted by Crippen LogP contribution is -2.33. The van der Waals surface area contributed by atoms with Gasteiger partial charge in [0.05, 0.1) is 11.2 Å². The van der Waals surface area contributed by atoms with Crippen LogP contribution in [0.15, 0.2) is 48.8 Å². The number of aromatic nitrogens is 3. The molecule has 4 rings (SSSR count). The second-order valence-corrected chi connectivity index (χ2v) is 6.98. The minimum atomic E-state index is -0.251. The Morgan fingerprint density at radius 2 is 2.04 bits per heavy atom. The summed E-state index contributed by atoms with van der Waals surface area (Å²) in [5.74, 6) is 0.655. The molecular weight excluding hydrogens is 362 g/mol. The summed E-state index contributed by atoms with van der Waals surface area (Å²) >= 11 is 6.06. The second-order valence-electron chi connectivity index (χ2n) is 6.57. The molecule has 1 aliphatic rings. The molecule has 0 saturated heterocycles. The summed E-state index contributed by atoms with van der Waals surface area (Å²) in [7, 11) is 1.70. The number of amides is 1. The molecule has 0 bridgehead atoms. The van der Waals surface area contributed by atoms with Gasteiger partial charge in [0.15, 0.2) is 0 Å². The molecule has 1 amide bonds. The van der Waals surface area contributed by atoms with Crippen LogP contribution in [-0.2, 0) is 26.6 Å². The summed E-state index contributed by atoms with van der Waals surface area (Å²) in [5, 5.41) is 7.28. The highest BCUT2D eigenvalue weighted by Gasteiger charge is 2.20. The third kappa shape index (κ3) is 3.53. The molecule has 0 unspecified atom stereocenters. The van der Waals surface area contributed by atoms with Crippen molar-refractivity contribution in [3.05, 3.63) is 76.2 Å². The van der Waals surface area contributed by atoms with Gasteiger partial charge in [0.25, 0.3) is 5.91 Å². The summed E-state index contributed by atoms with van der Waals surface area (Å²) in [5.41, 5.74) is 4.05. The van der Waals surface area contributed by atoms with E-state index < -0.39 is 0 Å². The monoisotopic (exact) mass is 381 g/mol. The average molecular weight is 382 g/mol. The van der Waals surface area contributed by atoms with Crippen LogP contribution in [0.1, 0.15) is 27.2 Å². The van der Waals surface area contributed by atoms with Gasteiger partial charge in [0.1, 0.15) is 11.5 Å². The van der Waals surface area contributed by atoms with E-state index in [0.29, 0.717) is 17.3 Å². The lowest BCUT2D eigenvalue weighted by molar-refractivity contribution is 0.0941. The van der Waals surface area contributed by atoms with Crippen molar-refractivity contribution < 1.29 is 4.79 Å². The number of aryl methyl sites for hydroxylation is 1. The molecule has 1 N–H and O–H groups in total. The first-order chi connectivity index (χ1) is 13.1. The first kappa shape index (κ1) is 17.5. The molecule has 27 heavy (non-hydrogen) atoms. The molecule has 138 valence electrons. The van der Waals surface area contributed by atoms with Gasteiger partial charge < -0.3 is 10.2 Å². The zero-order valence-corrected chi connectivity index (χ0v) is 15.8. The maximum atomic E-state index is 12.5. The number of hydrogen-bond acceptors (Lipinski definition) is 4. The van der Waals surface area contributed by atoms with Crippen molar-refractivity contribution in [1.82, 2.24) is 20.1 Å². The third-order valence-electron chi connectivity index (χ3n) is 4.85. The summed E-state index contributed by atoms with van der Waals surface area (Å²) in [6.45, 7) is 2.10. The molecular formula is C20H20ClN5O. The van der Waals surface area contributed by atoms with Crippen LogP contribution >= 0.6 is 11.6 Å². The van der Waals surface area contributed by atoms with E-state index in [-0.39, 0.29) is 5.91 Å². The van der Waals surface area contributed by atoms with Gasteiger partial charge in [-0.1, -0.05) is 41.9 Å². The lowest BCUT2D eigenvalue weighted by Gasteiger charge is -2.31. The van der Waals surface area contributed by atoms with E-state index in [0.717, 1.165) is 30.9 Å². The molecule has 3 aromatic rings. The van der Waals surface area contributed by atoms with Crippen LogP contribution in [0.5, 0.6) is 0 Å². The van der Waals surface area contributed by atoms with Crippen molar-refractivity contribution in [2.45, 2.75) is 19.5 Å². The Morgan fingerprint density at radius 3 is 2.81 bits per heavy atom. The highest BCUT2D eigenvalue weighted by Crippen LogP contribution is 2.25. The zero-order valence-electron chi connectivity index (χ0n) is 15.0. The summed E-state index contributed by atoms with van der Waals surface area (Å²) in [4.78, 5) is 19.3. The Balaban J connectivity index is 1.51. The fourth-order valence-electron chi connectivity index (χ4n) is 3.45. The van der Waals surface area contributed by atoms with E-state index in [4.69, 9.17) is 11.6 Å². The first-order valence-electron chi connectivity index (χ1n) is 8.85. The van der Waals surface area contributed by atoms with Gasteiger partial charge >= 0.3 is 0 Å². The highest BCUT2D eigenvalue weighted by molar-refractivity contribution is 6.33. The third-order valence-corrected chi connectivity index (χ3v) is 5.12. The van der Waals surface area contributed by atoms with Gasteiger partial charge in [0.2, 0.25) is 0 Å². The number of fused-ring (bicyclic) bond motifs is 1. The average Bonchev–Trinajstić information content (AvgIpc) is 3.04. The summed E-state index contributed by atoms with van der Waals surface area (Å²) < 4.78 is 1.48. The van der Waals surface area contributed by atoms with E-state index in [1.54, 1.807) is 13.2 Å². The molecule has 7 heteroatoms. The molecule has 0 fully saturated rings. The SMILES string of the molecule is Cn1ncc(Cl)c1C(=O)NCc1cccnc1N1CCc2ccccc2C1. The molecule has 0 aliphatic carbocycles. The molecule has 1 aromatic carbocycles. The Hall–Kier alpha value is -2.86. The Kier molecular flexibility index (Phi) is 4.81. The van der Waals surface area contributed by atoms with Crippen LogP contribution in [0.3, 0.4) is 0 Å². The number of hydrogen-bond donors (Lipinski definition) is 1. The largest absolute Gasteiger partial charge is 0.352 e. The molecule has 6 nitrogen and oxygen atoms in total. The minimum Gasteiger partial charge on any atom is -0.352 e. The number of carbonyl (C=O) groups excluding carboxylic acids is 1. The van der Waals surface area contributed by atoms with Crippen molar-refractivity contribution in [3.8, 4) is 0 Å². The minimum absolute atomic E-state index is 0.251. The molecule has 0 spiro atoms. The van der Waals surface area contributed by atoms with Gasteiger partial charge in [-0.25, -0.2) is 4.98 Å². The maximum Gasteiger partial charge on any atom is 0.271 e. The van der Waals surface area contributed by atoms with Crippen LogP contribution in [-0.4, -0.2) is 27.2 Å². The van der Waals surface area contributed by atoms with Gasteiger partial charge in [-0.05, 0) is 23.6 Å². The van der Waals surface area contributed by atoms with E-state index in [9.17, 15) is 4.79 Å². The quantitative estimate of drug-likeness (QED) is 0.754. The topological polar surface area (TPSA) is 63.1 Å². The van der Waals surface area contributed by atoms with Crippen molar-refractivity contribution in [2.24, 2.45) is 7.05 Å². The van der Waals surface area contributed by atoms with Crippen molar-refractivity contribution in [3.63, 3.8) is 0 Å². The fourth-order valence-corrected chi connectivity index (χ4v) is 3.71. The molecule has 2 aromatic heterocycles. The number of nitrogens with one attached hydrogen (secondary N) is 1. The smallest absolute Gasteiger partial charge is 0.271 e. The summed E-state index contributed by atoms with van der Waals surface area (Å²) in [6, 6.07) is 12.4. The molecule has 1 aliphatic heterocycles. The highest BCUT2D eigenvalue weighted by atomic mass is 35.5. The fraction of sp³-hybridized carbons (Fsp3) is 0.250. The lowest BCUT2D eigenvalue weighted by atomic mass is 9.99. The number of carbonyl (C=O) groups is 1. The van der Waals surface area contributed by atoms with Crippen LogP contribution in [0, 0.1) is 0 Å². The Morgan fingerprint density at radius 1 is 1.22 bits per heavy atom. The number of nitrogens with zero attached hydrogens (tertiary/aromatic N) is 4.